The maximum Gasteiger partial charge on any atom is 0.254 e. The van der Waals surface area contributed by atoms with Gasteiger partial charge in [0.1, 0.15) is 12.3 Å². The summed E-state index contributed by atoms with van der Waals surface area (Å²) in [6.45, 7) is 0.204. The van der Waals surface area contributed by atoms with Crippen LogP contribution in [0.4, 0.5) is 0 Å². The van der Waals surface area contributed by atoms with E-state index in [-0.39, 0.29) is 18.0 Å². The van der Waals surface area contributed by atoms with E-state index in [4.69, 9.17) is 16.3 Å². The second-order valence-electron chi connectivity index (χ2n) is 5.84. The second-order valence-corrected chi connectivity index (χ2v) is 6.27. The number of rotatable bonds is 6. The van der Waals surface area contributed by atoms with Gasteiger partial charge in [-0.1, -0.05) is 41.9 Å². The minimum absolute atomic E-state index is 0.109. The van der Waals surface area contributed by atoms with Crippen molar-refractivity contribution in [3.63, 3.8) is 0 Å². The number of carbonyl (C=O) groups excluding carboxylic acids is 1. The molecule has 1 heterocycles. The molecule has 0 fully saturated rings. The maximum absolute atomic E-state index is 12.3. The Morgan fingerprint density at radius 1 is 1.19 bits per heavy atom. The van der Waals surface area contributed by atoms with E-state index in [0.29, 0.717) is 23.0 Å². The van der Waals surface area contributed by atoms with Gasteiger partial charge >= 0.3 is 0 Å². The lowest BCUT2D eigenvalue weighted by Crippen LogP contribution is -2.32. The molecule has 0 unspecified atom stereocenters. The highest BCUT2D eigenvalue weighted by Crippen LogP contribution is 2.18. The summed E-state index contributed by atoms with van der Waals surface area (Å²) in [6.07, 6.45) is 1.37. The lowest BCUT2D eigenvalue weighted by atomic mass is 10.1. The number of ether oxygens (including phenoxy) is 1. The summed E-state index contributed by atoms with van der Waals surface area (Å²) in [4.78, 5) is 28.7. The lowest BCUT2D eigenvalue weighted by Gasteiger charge is -2.10. The van der Waals surface area contributed by atoms with Crippen molar-refractivity contribution in [2.24, 2.45) is 0 Å². The number of benzene rings is 2. The van der Waals surface area contributed by atoms with Crippen LogP contribution in [0.15, 0.2) is 65.7 Å². The van der Waals surface area contributed by atoms with Crippen molar-refractivity contribution in [2.75, 3.05) is 7.11 Å². The van der Waals surface area contributed by atoms with Crippen molar-refractivity contribution in [1.82, 2.24) is 14.9 Å². The molecule has 0 saturated carbocycles. The third-order valence-corrected chi connectivity index (χ3v) is 4.25. The summed E-state index contributed by atoms with van der Waals surface area (Å²) in [5.41, 5.74) is 1.87. The van der Waals surface area contributed by atoms with Gasteiger partial charge in [0.15, 0.2) is 0 Å². The molecule has 1 aromatic heterocycles. The van der Waals surface area contributed by atoms with E-state index in [1.807, 2.05) is 24.3 Å². The van der Waals surface area contributed by atoms with E-state index in [1.54, 1.807) is 31.4 Å². The molecule has 3 rings (SSSR count). The fourth-order valence-electron chi connectivity index (χ4n) is 2.58. The molecule has 0 bridgehead atoms. The molecule has 0 aliphatic carbocycles. The molecular weight excluding hydrogens is 366 g/mol. The van der Waals surface area contributed by atoms with Crippen LogP contribution in [0.3, 0.4) is 0 Å². The van der Waals surface area contributed by atoms with Crippen LogP contribution in [-0.2, 0) is 17.9 Å². The Balaban J connectivity index is 1.66. The molecule has 2 aromatic carbocycles. The van der Waals surface area contributed by atoms with Crippen molar-refractivity contribution in [1.29, 1.82) is 0 Å². The molecule has 27 heavy (non-hydrogen) atoms. The van der Waals surface area contributed by atoms with Gasteiger partial charge in [0.2, 0.25) is 5.91 Å². The number of nitrogens with zero attached hydrogens (tertiary/aromatic N) is 2. The Morgan fingerprint density at radius 3 is 2.63 bits per heavy atom. The van der Waals surface area contributed by atoms with Gasteiger partial charge in [0.05, 0.1) is 19.1 Å². The van der Waals surface area contributed by atoms with E-state index < -0.39 is 0 Å². The summed E-state index contributed by atoms with van der Waals surface area (Å²) in [7, 11) is 1.58. The predicted molar refractivity (Wildman–Crippen MR) is 104 cm³/mol. The molecule has 138 valence electrons. The maximum atomic E-state index is 12.3. The van der Waals surface area contributed by atoms with Gasteiger partial charge in [-0.05, 0) is 18.2 Å². The fourth-order valence-corrected chi connectivity index (χ4v) is 2.70. The van der Waals surface area contributed by atoms with E-state index >= 15 is 0 Å². The Morgan fingerprint density at radius 2 is 1.93 bits per heavy atom. The summed E-state index contributed by atoms with van der Waals surface area (Å²) in [5, 5.41) is 3.39. The number of carbonyl (C=O) groups is 1. The smallest absolute Gasteiger partial charge is 0.254 e. The number of aromatic nitrogens is 2. The van der Waals surface area contributed by atoms with Gasteiger partial charge in [0, 0.05) is 28.8 Å². The number of hydrogen-bond donors (Lipinski definition) is 1. The van der Waals surface area contributed by atoms with E-state index in [0.717, 1.165) is 11.1 Å². The zero-order valence-electron chi connectivity index (χ0n) is 14.7. The summed E-state index contributed by atoms with van der Waals surface area (Å²) in [5.74, 6) is 0.410. The minimum Gasteiger partial charge on any atom is -0.496 e. The summed E-state index contributed by atoms with van der Waals surface area (Å²) >= 11 is 5.87. The number of nitrogens with one attached hydrogen (secondary N) is 1. The number of para-hydroxylation sites is 1. The quantitative estimate of drug-likeness (QED) is 0.710. The third kappa shape index (κ3) is 4.74. The van der Waals surface area contributed by atoms with Gasteiger partial charge in [-0.3, -0.25) is 14.2 Å². The van der Waals surface area contributed by atoms with Crippen LogP contribution in [0.25, 0.3) is 11.3 Å². The zero-order valence-corrected chi connectivity index (χ0v) is 15.4. The van der Waals surface area contributed by atoms with Crippen LogP contribution in [0, 0.1) is 0 Å². The molecule has 6 nitrogen and oxygen atoms in total. The normalized spacial score (nSPS) is 10.4. The molecule has 0 aliphatic rings. The topological polar surface area (TPSA) is 73.2 Å². The van der Waals surface area contributed by atoms with Crippen LogP contribution < -0.4 is 15.6 Å². The van der Waals surface area contributed by atoms with Crippen molar-refractivity contribution in [3.05, 3.63) is 81.9 Å². The van der Waals surface area contributed by atoms with Crippen molar-refractivity contribution >= 4 is 17.5 Å². The highest BCUT2D eigenvalue weighted by Gasteiger charge is 2.08. The highest BCUT2D eigenvalue weighted by molar-refractivity contribution is 6.30. The van der Waals surface area contributed by atoms with Crippen molar-refractivity contribution in [2.45, 2.75) is 13.1 Å². The average molecular weight is 384 g/mol. The average Bonchev–Trinajstić information content (AvgIpc) is 2.69. The molecule has 0 spiro atoms. The van der Waals surface area contributed by atoms with Crippen molar-refractivity contribution in [3.8, 4) is 17.0 Å². The van der Waals surface area contributed by atoms with Gasteiger partial charge in [-0.25, -0.2) is 4.98 Å². The number of methoxy groups -OCH3 is 1. The SMILES string of the molecule is COc1ccccc1CNC(=O)Cn1cnc(-c2ccc(Cl)cc2)cc1=O. The van der Waals surface area contributed by atoms with Crippen LogP contribution >= 0.6 is 11.6 Å². The van der Waals surface area contributed by atoms with Gasteiger partial charge in [-0.2, -0.15) is 0 Å². The van der Waals surface area contributed by atoms with Crippen molar-refractivity contribution < 1.29 is 9.53 Å². The first-order valence-corrected chi connectivity index (χ1v) is 8.65. The van der Waals surface area contributed by atoms with Crippen LogP contribution in [0.1, 0.15) is 5.56 Å². The molecule has 0 aliphatic heterocycles. The van der Waals surface area contributed by atoms with E-state index in [1.165, 1.54) is 17.0 Å². The Bertz CT molecular complexity index is 1000. The molecule has 1 amide bonds. The van der Waals surface area contributed by atoms with Gasteiger partial charge in [-0.15, -0.1) is 0 Å². The Labute approximate surface area is 161 Å². The fraction of sp³-hybridized carbons (Fsp3) is 0.150. The molecule has 0 radical (unpaired) electrons. The molecule has 0 saturated heterocycles. The molecule has 0 atom stereocenters. The van der Waals surface area contributed by atoms with E-state index in [9.17, 15) is 9.59 Å². The minimum atomic E-state index is -0.303. The Kier molecular flexibility index (Phi) is 5.88. The largest absolute Gasteiger partial charge is 0.496 e. The summed E-state index contributed by atoms with van der Waals surface area (Å²) in [6, 6.07) is 15.9. The van der Waals surface area contributed by atoms with E-state index in [2.05, 4.69) is 10.3 Å². The zero-order chi connectivity index (χ0) is 19.2. The molecule has 1 N–H and O–H groups in total. The first-order chi connectivity index (χ1) is 13.1. The number of amides is 1. The Hall–Kier alpha value is -3.12. The number of halogens is 1. The van der Waals surface area contributed by atoms with Crippen LogP contribution in [-0.4, -0.2) is 22.6 Å². The van der Waals surface area contributed by atoms with Crippen LogP contribution in [0.5, 0.6) is 5.75 Å². The van der Waals surface area contributed by atoms with Crippen LogP contribution in [0.2, 0.25) is 5.02 Å². The highest BCUT2D eigenvalue weighted by atomic mass is 35.5. The third-order valence-electron chi connectivity index (χ3n) is 4.00. The predicted octanol–water partition coefficient (Wildman–Crippen LogP) is 2.89. The second kappa shape index (κ2) is 8.51. The molecule has 3 aromatic rings. The lowest BCUT2D eigenvalue weighted by molar-refractivity contribution is -0.121. The van der Waals surface area contributed by atoms with Gasteiger partial charge in [0.25, 0.3) is 5.56 Å². The number of hydrogen-bond acceptors (Lipinski definition) is 4. The monoisotopic (exact) mass is 383 g/mol. The summed E-state index contributed by atoms with van der Waals surface area (Å²) < 4.78 is 6.51. The standard InChI is InChI=1S/C20H18ClN3O3/c1-27-18-5-3-2-4-15(18)11-22-19(25)12-24-13-23-17(10-20(24)26)14-6-8-16(21)9-7-14/h2-10,13H,11-12H2,1H3,(H,22,25). The molecular formula is C20H18ClN3O3. The van der Waals surface area contributed by atoms with Gasteiger partial charge < -0.3 is 10.1 Å². The first kappa shape index (κ1) is 18.7. The molecule has 7 heteroatoms. The first-order valence-electron chi connectivity index (χ1n) is 8.28.